The van der Waals surface area contributed by atoms with E-state index in [1.807, 2.05) is 24.3 Å². The van der Waals surface area contributed by atoms with E-state index in [1.54, 1.807) is 11.8 Å². The van der Waals surface area contributed by atoms with Gasteiger partial charge in [0.25, 0.3) is 0 Å². The van der Waals surface area contributed by atoms with Crippen LogP contribution in [0.25, 0.3) is 11.0 Å². The number of hydrogen-bond acceptors (Lipinski definition) is 4. The highest BCUT2D eigenvalue weighted by atomic mass is 32.2. The van der Waals surface area contributed by atoms with Crippen LogP contribution in [0.15, 0.2) is 42.1 Å². The van der Waals surface area contributed by atoms with Crippen LogP contribution in [0.2, 0.25) is 0 Å². The van der Waals surface area contributed by atoms with Crippen molar-refractivity contribution in [1.82, 2.24) is 14.5 Å². The minimum atomic E-state index is -0.188. The van der Waals surface area contributed by atoms with Crippen LogP contribution < -0.4 is 5.73 Å². The molecule has 1 fully saturated rings. The lowest BCUT2D eigenvalue weighted by atomic mass is 9.98. The van der Waals surface area contributed by atoms with Crippen molar-refractivity contribution in [1.29, 1.82) is 0 Å². The van der Waals surface area contributed by atoms with Crippen LogP contribution in [-0.4, -0.2) is 39.2 Å². The van der Waals surface area contributed by atoms with Crippen LogP contribution in [0.5, 0.6) is 0 Å². The highest BCUT2D eigenvalue weighted by Gasteiger charge is 2.25. The van der Waals surface area contributed by atoms with Gasteiger partial charge >= 0.3 is 0 Å². The first kappa shape index (κ1) is 16.1. The first-order valence-electron chi connectivity index (χ1n) is 7.89. The summed E-state index contributed by atoms with van der Waals surface area (Å²) < 4.78 is 2.23. The lowest BCUT2D eigenvalue weighted by molar-refractivity contribution is -0.123. The second-order valence-corrected chi connectivity index (χ2v) is 6.86. The Morgan fingerprint density at radius 1 is 1.48 bits per heavy atom. The van der Waals surface area contributed by atoms with Crippen LogP contribution in [0.3, 0.4) is 0 Å². The molecular formula is C17H22N4OS. The predicted octanol–water partition coefficient (Wildman–Crippen LogP) is 2.47. The molecule has 6 heteroatoms. The fraction of sp³-hybridized carbons (Fsp3) is 0.412. The third-order valence-corrected chi connectivity index (χ3v) is 5.17. The van der Waals surface area contributed by atoms with Gasteiger partial charge in [0.2, 0.25) is 5.91 Å². The molecule has 0 aliphatic carbocycles. The third kappa shape index (κ3) is 3.59. The molecule has 23 heavy (non-hydrogen) atoms. The number of aromatic nitrogens is 2. The first-order chi connectivity index (χ1) is 11.2. The molecule has 1 aliphatic heterocycles. The molecule has 5 nitrogen and oxygen atoms in total. The molecule has 0 spiro atoms. The molecule has 1 saturated heterocycles. The highest BCUT2D eigenvalue weighted by Crippen LogP contribution is 2.26. The maximum Gasteiger partial charge on any atom is 0.221 e. The monoisotopic (exact) mass is 330 g/mol. The SMILES string of the molecule is C=CCSc1nc2ccccc2n1CN1CCC[C@@H](C(N)=O)C1. The summed E-state index contributed by atoms with van der Waals surface area (Å²) in [6, 6.07) is 8.17. The number of likely N-dealkylation sites (tertiary alicyclic amines) is 1. The van der Waals surface area contributed by atoms with E-state index >= 15 is 0 Å². The van der Waals surface area contributed by atoms with E-state index in [2.05, 4.69) is 22.1 Å². The topological polar surface area (TPSA) is 64.2 Å². The molecule has 2 heterocycles. The normalized spacial score (nSPS) is 19.0. The number of nitrogens with two attached hydrogens (primary N) is 1. The molecule has 0 radical (unpaired) electrons. The average Bonchev–Trinajstić information content (AvgIpc) is 2.91. The van der Waals surface area contributed by atoms with Gasteiger partial charge in [-0.3, -0.25) is 9.69 Å². The second-order valence-electron chi connectivity index (χ2n) is 5.87. The van der Waals surface area contributed by atoms with Crippen molar-refractivity contribution in [3.05, 3.63) is 36.9 Å². The van der Waals surface area contributed by atoms with Gasteiger partial charge in [-0.1, -0.05) is 30.0 Å². The minimum Gasteiger partial charge on any atom is -0.369 e. The maximum absolute atomic E-state index is 11.5. The van der Waals surface area contributed by atoms with Crippen molar-refractivity contribution in [2.24, 2.45) is 11.7 Å². The van der Waals surface area contributed by atoms with Crippen molar-refractivity contribution >= 4 is 28.7 Å². The van der Waals surface area contributed by atoms with Crippen LogP contribution in [-0.2, 0) is 11.5 Å². The molecule has 1 amide bonds. The zero-order chi connectivity index (χ0) is 16.2. The number of amides is 1. The fourth-order valence-corrected chi connectivity index (χ4v) is 3.79. The van der Waals surface area contributed by atoms with Gasteiger partial charge in [-0.15, -0.1) is 6.58 Å². The minimum absolute atomic E-state index is 0.0391. The van der Waals surface area contributed by atoms with Gasteiger partial charge in [-0.05, 0) is 31.5 Å². The molecule has 2 N–H and O–H groups in total. The number of rotatable bonds is 6. The van der Waals surface area contributed by atoms with Crippen molar-refractivity contribution < 1.29 is 4.79 Å². The number of carbonyl (C=O) groups is 1. The van der Waals surface area contributed by atoms with E-state index in [0.717, 1.165) is 54.5 Å². The van der Waals surface area contributed by atoms with E-state index in [9.17, 15) is 4.79 Å². The van der Waals surface area contributed by atoms with Crippen LogP contribution in [0.1, 0.15) is 12.8 Å². The molecule has 2 aromatic rings. The van der Waals surface area contributed by atoms with Gasteiger partial charge in [-0.2, -0.15) is 0 Å². The van der Waals surface area contributed by atoms with E-state index in [4.69, 9.17) is 10.7 Å². The summed E-state index contributed by atoms with van der Waals surface area (Å²) in [5, 5.41) is 0.993. The van der Waals surface area contributed by atoms with E-state index in [-0.39, 0.29) is 11.8 Å². The zero-order valence-electron chi connectivity index (χ0n) is 13.1. The summed E-state index contributed by atoms with van der Waals surface area (Å²) in [6.07, 6.45) is 3.79. The number of piperidine rings is 1. The smallest absolute Gasteiger partial charge is 0.221 e. The molecule has 0 bridgehead atoms. The van der Waals surface area contributed by atoms with E-state index in [1.165, 1.54) is 0 Å². The van der Waals surface area contributed by atoms with Gasteiger partial charge < -0.3 is 10.3 Å². The van der Waals surface area contributed by atoms with Gasteiger partial charge in [0.1, 0.15) is 0 Å². The molecule has 1 aliphatic rings. The van der Waals surface area contributed by atoms with Gasteiger partial charge in [0.15, 0.2) is 5.16 Å². The van der Waals surface area contributed by atoms with Crippen molar-refractivity contribution in [3.8, 4) is 0 Å². The summed E-state index contributed by atoms with van der Waals surface area (Å²) in [6.45, 7) is 6.24. The number of thioether (sulfide) groups is 1. The van der Waals surface area contributed by atoms with Crippen LogP contribution >= 0.6 is 11.8 Å². The number of fused-ring (bicyclic) bond motifs is 1. The van der Waals surface area contributed by atoms with Gasteiger partial charge in [-0.25, -0.2) is 4.98 Å². The molecule has 1 atom stereocenters. The van der Waals surface area contributed by atoms with Crippen molar-refractivity contribution in [2.45, 2.75) is 24.7 Å². The second kappa shape index (κ2) is 7.19. The number of primary amides is 1. The first-order valence-corrected chi connectivity index (χ1v) is 8.88. The highest BCUT2D eigenvalue weighted by molar-refractivity contribution is 7.99. The van der Waals surface area contributed by atoms with Crippen molar-refractivity contribution in [3.63, 3.8) is 0 Å². The van der Waals surface area contributed by atoms with Gasteiger partial charge in [0.05, 0.1) is 23.6 Å². The largest absolute Gasteiger partial charge is 0.369 e. The molecule has 0 unspecified atom stereocenters. The number of carbonyl (C=O) groups excluding carboxylic acids is 1. The Labute approximate surface area is 140 Å². The molecular weight excluding hydrogens is 308 g/mol. The summed E-state index contributed by atoms with van der Waals surface area (Å²) in [5.41, 5.74) is 7.62. The maximum atomic E-state index is 11.5. The third-order valence-electron chi connectivity index (χ3n) is 4.20. The van der Waals surface area contributed by atoms with E-state index < -0.39 is 0 Å². The number of para-hydroxylation sites is 2. The standard InChI is InChI=1S/C17H22N4OS/c1-2-10-23-17-19-14-7-3-4-8-15(14)21(17)12-20-9-5-6-13(11-20)16(18)22/h2-4,7-8,13H,1,5-6,9-12H2,(H2,18,22)/t13-/m1/s1. The molecule has 122 valence electrons. The zero-order valence-corrected chi connectivity index (χ0v) is 14.0. The average molecular weight is 330 g/mol. The Hall–Kier alpha value is -1.79. The lowest BCUT2D eigenvalue weighted by Gasteiger charge is -2.31. The lowest BCUT2D eigenvalue weighted by Crippen LogP contribution is -2.41. The summed E-state index contributed by atoms with van der Waals surface area (Å²) >= 11 is 1.68. The Kier molecular flexibility index (Phi) is 5.03. The summed E-state index contributed by atoms with van der Waals surface area (Å²) in [4.78, 5) is 18.5. The van der Waals surface area contributed by atoms with Crippen molar-refractivity contribution in [2.75, 3.05) is 18.8 Å². The molecule has 1 aromatic heterocycles. The fourth-order valence-electron chi connectivity index (χ4n) is 3.05. The Morgan fingerprint density at radius 3 is 3.09 bits per heavy atom. The number of hydrogen-bond donors (Lipinski definition) is 1. The predicted molar refractivity (Wildman–Crippen MR) is 94.1 cm³/mol. The van der Waals surface area contributed by atoms with Gasteiger partial charge in [0, 0.05) is 12.3 Å². The Morgan fingerprint density at radius 2 is 2.30 bits per heavy atom. The Balaban J connectivity index is 1.85. The number of benzene rings is 1. The number of imidazole rings is 1. The number of nitrogens with zero attached hydrogens (tertiary/aromatic N) is 3. The van der Waals surface area contributed by atoms with E-state index in [0.29, 0.717) is 0 Å². The molecule has 3 rings (SSSR count). The van der Waals surface area contributed by atoms with Crippen LogP contribution in [0, 0.1) is 5.92 Å². The summed E-state index contributed by atoms with van der Waals surface area (Å²) in [5.74, 6) is 0.599. The van der Waals surface area contributed by atoms with Crippen LogP contribution in [0.4, 0.5) is 0 Å². The Bertz CT molecular complexity index is 712. The summed E-state index contributed by atoms with van der Waals surface area (Å²) in [7, 11) is 0. The quantitative estimate of drug-likeness (QED) is 0.653. The molecule has 1 aromatic carbocycles. The molecule has 0 saturated carbocycles.